The molecule has 0 bridgehead atoms. The van der Waals surface area contributed by atoms with E-state index in [1.165, 1.54) is 19.4 Å². The first-order valence-electron chi connectivity index (χ1n) is 8.48. The smallest absolute Gasteiger partial charge is 0.275 e. The molecule has 0 saturated carbocycles. The topological polar surface area (TPSA) is 80.2 Å². The van der Waals surface area contributed by atoms with Crippen LogP contribution in [0.25, 0.3) is 10.8 Å². The highest BCUT2D eigenvalue weighted by Gasteiger charge is 2.13. The van der Waals surface area contributed by atoms with Gasteiger partial charge in [-0.25, -0.2) is 5.43 Å². The molecule has 0 aromatic heterocycles. The van der Waals surface area contributed by atoms with Crippen LogP contribution in [0.4, 0.5) is 0 Å². The first-order chi connectivity index (χ1) is 13.1. The number of aromatic hydroxyl groups is 1. The standard InChI is InChI=1S/C21H20N2O4/c1-3-27-17-9-8-16(19(24)12-17)13-22-23-21(25)18-10-14-6-4-5-7-15(14)11-20(18)26-2/h4-13,24H,3H2,1-2H3,(H,23,25). The molecule has 0 fully saturated rings. The van der Waals surface area contributed by atoms with Crippen LogP contribution >= 0.6 is 0 Å². The zero-order valence-corrected chi connectivity index (χ0v) is 15.1. The molecular weight excluding hydrogens is 344 g/mol. The van der Waals surface area contributed by atoms with Gasteiger partial charge in [0.1, 0.15) is 17.2 Å². The number of methoxy groups -OCH3 is 1. The van der Waals surface area contributed by atoms with E-state index in [-0.39, 0.29) is 5.75 Å². The van der Waals surface area contributed by atoms with Gasteiger partial charge in [-0.3, -0.25) is 4.79 Å². The normalized spacial score (nSPS) is 10.9. The van der Waals surface area contributed by atoms with Crippen LogP contribution in [-0.2, 0) is 0 Å². The first-order valence-corrected chi connectivity index (χ1v) is 8.48. The van der Waals surface area contributed by atoms with Crippen molar-refractivity contribution in [1.29, 1.82) is 0 Å². The number of phenols is 1. The predicted octanol–water partition coefficient (Wildman–Crippen LogP) is 3.72. The van der Waals surface area contributed by atoms with Crippen molar-refractivity contribution in [3.05, 3.63) is 65.7 Å². The van der Waals surface area contributed by atoms with Crippen molar-refractivity contribution in [3.63, 3.8) is 0 Å². The molecule has 3 rings (SSSR count). The number of rotatable bonds is 6. The minimum Gasteiger partial charge on any atom is -0.507 e. The van der Waals surface area contributed by atoms with Crippen LogP contribution in [-0.4, -0.2) is 30.9 Å². The zero-order valence-electron chi connectivity index (χ0n) is 15.1. The maximum Gasteiger partial charge on any atom is 0.275 e. The Morgan fingerprint density at radius 1 is 1.15 bits per heavy atom. The Morgan fingerprint density at radius 2 is 1.89 bits per heavy atom. The van der Waals surface area contributed by atoms with Crippen LogP contribution in [0.5, 0.6) is 17.2 Å². The molecule has 1 amide bonds. The van der Waals surface area contributed by atoms with Crippen LogP contribution < -0.4 is 14.9 Å². The second-order valence-electron chi connectivity index (χ2n) is 5.75. The number of nitrogens with zero attached hydrogens (tertiary/aromatic N) is 1. The largest absolute Gasteiger partial charge is 0.507 e. The summed E-state index contributed by atoms with van der Waals surface area (Å²) < 4.78 is 10.6. The summed E-state index contributed by atoms with van der Waals surface area (Å²) in [5.74, 6) is 0.643. The molecule has 0 radical (unpaired) electrons. The fourth-order valence-corrected chi connectivity index (χ4v) is 2.68. The number of hydrogen-bond acceptors (Lipinski definition) is 5. The third-order valence-electron chi connectivity index (χ3n) is 4.00. The number of ether oxygens (including phenoxy) is 2. The Balaban J connectivity index is 1.77. The summed E-state index contributed by atoms with van der Waals surface area (Å²) in [5, 5.41) is 15.8. The van der Waals surface area contributed by atoms with Gasteiger partial charge >= 0.3 is 0 Å². The summed E-state index contributed by atoms with van der Waals surface area (Å²) in [6.07, 6.45) is 1.37. The van der Waals surface area contributed by atoms with Crippen molar-refractivity contribution >= 4 is 22.9 Å². The quantitative estimate of drug-likeness (QED) is 0.516. The van der Waals surface area contributed by atoms with Gasteiger partial charge in [-0.15, -0.1) is 0 Å². The molecule has 0 heterocycles. The van der Waals surface area contributed by atoms with Crippen LogP contribution in [0.2, 0.25) is 0 Å². The molecule has 0 aliphatic carbocycles. The van der Waals surface area contributed by atoms with E-state index in [1.807, 2.05) is 37.3 Å². The minimum atomic E-state index is -0.403. The highest BCUT2D eigenvalue weighted by Crippen LogP contribution is 2.26. The SMILES string of the molecule is CCOc1ccc(C=NNC(=O)c2cc3ccccc3cc2OC)c(O)c1. The summed E-state index contributed by atoms with van der Waals surface area (Å²) in [6.45, 7) is 2.37. The van der Waals surface area contributed by atoms with E-state index in [9.17, 15) is 9.90 Å². The number of carbonyl (C=O) groups excluding carboxylic acids is 1. The zero-order chi connectivity index (χ0) is 19.2. The number of phenolic OH excluding ortho intramolecular Hbond substituents is 1. The number of nitrogens with one attached hydrogen (secondary N) is 1. The molecule has 6 nitrogen and oxygen atoms in total. The number of hydrazone groups is 1. The van der Waals surface area contributed by atoms with Crippen molar-refractivity contribution in [2.45, 2.75) is 6.92 Å². The number of hydrogen-bond donors (Lipinski definition) is 2. The Morgan fingerprint density at radius 3 is 2.56 bits per heavy atom. The fourth-order valence-electron chi connectivity index (χ4n) is 2.68. The van der Waals surface area contributed by atoms with Crippen molar-refractivity contribution in [3.8, 4) is 17.2 Å². The lowest BCUT2D eigenvalue weighted by Crippen LogP contribution is -2.18. The van der Waals surface area contributed by atoms with Crippen LogP contribution in [0, 0.1) is 0 Å². The lowest BCUT2D eigenvalue weighted by molar-refractivity contribution is 0.0952. The first kappa shape index (κ1) is 18.3. The molecule has 0 aliphatic heterocycles. The summed E-state index contributed by atoms with van der Waals surface area (Å²) >= 11 is 0. The van der Waals surface area contributed by atoms with E-state index >= 15 is 0 Å². The monoisotopic (exact) mass is 364 g/mol. The summed E-state index contributed by atoms with van der Waals surface area (Å²) in [7, 11) is 1.52. The fraction of sp³-hybridized carbons (Fsp3) is 0.143. The van der Waals surface area contributed by atoms with Gasteiger partial charge in [0, 0.05) is 11.6 Å². The minimum absolute atomic E-state index is 0.0160. The Hall–Kier alpha value is -3.54. The highest BCUT2D eigenvalue weighted by atomic mass is 16.5. The Kier molecular flexibility index (Phi) is 5.56. The third-order valence-corrected chi connectivity index (χ3v) is 4.00. The van der Waals surface area contributed by atoms with Gasteiger partial charge in [-0.2, -0.15) is 5.10 Å². The highest BCUT2D eigenvalue weighted by molar-refractivity contribution is 6.02. The molecule has 0 aliphatic rings. The number of fused-ring (bicyclic) bond motifs is 1. The molecule has 2 N–H and O–H groups in total. The molecule has 3 aromatic rings. The molecule has 0 spiro atoms. The molecule has 0 saturated heterocycles. The molecule has 0 unspecified atom stereocenters. The maximum absolute atomic E-state index is 12.5. The number of benzene rings is 3. The molecule has 0 atom stereocenters. The van der Waals surface area contributed by atoms with E-state index in [0.717, 1.165) is 10.8 Å². The van der Waals surface area contributed by atoms with Gasteiger partial charge < -0.3 is 14.6 Å². The molecular formula is C21H20N2O4. The van der Waals surface area contributed by atoms with Crippen molar-refractivity contribution < 1.29 is 19.4 Å². The van der Waals surface area contributed by atoms with Crippen LogP contribution in [0.15, 0.2) is 59.7 Å². The molecule has 27 heavy (non-hydrogen) atoms. The second-order valence-corrected chi connectivity index (χ2v) is 5.75. The van der Waals surface area contributed by atoms with Crippen molar-refractivity contribution in [2.24, 2.45) is 5.10 Å². The van der Waals surface area contributed by atoms with Gasteiger partial charge in [-0.05, 0) is 42.0 Å². The van der Waals surface area contributed by atoms with Crippen LogP contribution in [0.1, 0.15) is 22.8 Å². The molecule has 138 valence electrons. The average molecular weight is 364 g/mol. The predicted molar refractivity (Wildman–Crippen MR) is 105 cm³/mol. The second kappa shape index (κ2) is 8.23. The Labute approximate surface area is 157 Å². The van der Waals surface area contributed by atoms with E-state index in [0.29, 0.717) is 29.2 Å². The number of amides is 1. The summed E-state index contributed by atoms with van der Waals surface area (Å²) in [4.78, 5) is 12.5. The third kappa shape index (κ3) is 4.17. The summed E-state index contributed by atoms with van der Waals surface area (Å²) in [5.41, 5.74) is 3.30. The summed E-state index contributed by atoms with van der Waals surface area (Å²) in [6, 6.07) is 16.2. The van der Waals surface area contributed by atoms with E-state index in [4.69, 9.17) is 9.47 Å². The van der Waals surface area contributed by atoms with Gasteiger partial charge in [-0.1, -0.05) is 24.3 Å². The van der Waals surface area contributed by atoms with Gasteiger partial charge in [0.25, 0.3) is 5.91 Å². The van der Waals surface area contributed by atoms with Gasteiger partial charge in [0.05, 0.1) is 25.5 Å². The van der Waals surface area contributed by atoms with Crippen LogP contribution in [0.3, 0.4) is 0 Å². The van der Waals surface area contributed by atoms with E-state index in [1.54, 1.807) is 18.2 Å². The van der Waals surface area contributed by atoms with E-state index < -0.39 is 5.91 Å². The van der Waals surface area contributed by atoms with Gasteiger partial charge in [0.2, 0.25) is 0 Å². The number of carbonyl (C=O) groups is 1. The van der Waals surface area contributed by atoms with Crippen molar-refractivity contribution in [1.82, 2.24) is 5.43 Å². The maximum atomic E-state index is 12.5. The van der Waals surface area contributed by atoms with Crippen molar-refractivity contribution in [2.75, 3.05) is 13.7 Å². The molecule has 3 aromatic carbocycles. The van der Waals surface area contributed by atoms with Gasteiger partial charge in [0.15, 0.2) is 0 Å². The molecule has 6 heteroatoms. The van der Waals surface area contributed by atoms with E-state index in [2.05, 4.69) is 10.5 Å². The lowest BCUT2D eigenvalue weighted by Gasteiger charge is -2.09. The Bertz CT molecular complexity index is 999. The average Bonchev–Trinajstić information content (AvgIpc) is 2.68. The lowest BCUT2D eigenvalue weighted by atomic mass is 10.1.